The highest BCUT2D eigenvalue weighted by atomic mass is 16.5. The molecule has 0 unspecified atom stereocenters. The fraction of sp³-hybridized carbons (Fsp3) is 0.462. The average molecular weight is 249 g/mol. The number of hydrogen-bond acceptors (Lipinski definition) is 5. The molecule has 1 heterocycles. The SMILES string of the molecule is CCOC(=O)CC/C(C)=C/c1cc(C)nc(N)n1. The smallest absolute Gasteiger partial charge is 0.306 e. The summed E-state index contributed by atoms with van der Waals surface area (Å²) in [7, 11) is 0. The summed E-state index contributed by atoms with van der Waals surface area (Å²) in [6.45, 7) is 6.03. The number of nitrogen functional groups attached to an aromatic ring is 1. The molecule has 2 N–H and O–H groups in total. The number of anilines is 1. The zero-order chi connectivity index (χ0) is 13.5. The predicted octanol–water partition coefficient (Wildman–Crippen LogP) is 2.11. The third kappa shape index (κ3) is 4.95. The highest BCUT2D eigenvalue weighted by molar-refractivity contribution is 5.70. The molecule has 0 spiro atoms. The largest absolute Gasteiger partial charge is 0.466 e. The molecule has 5 nitrogen and oxygen atoms in total. The van der Waals surface area contributed by atoms with Gasteiger partial charge in [-0.15, -0.1) is 0 Å². The molecule has 0 aliphatic carbocycles. The maximum Gasteiger partial charge on any atom is 0.306 e. The van der Waals surface area contributed by atoms with Crippen molar-refractivity contribution >= 4 is 18.0 Å². The van der Waals surface area contributed by atoms with Gasteiger partial charge >= 0.3 is 5.97 Å². The number of rotatable bonds is 5. The van der Waals surface area contributed by atoms with Gasteiger partial charge in [0.25, 0.3) is 0 Å². The van der Waals surface area contributed by atoms with Gasteiger partial charge in [0.2, 0.25) is 5.95 Å². The lowest BCUT2D eigenvalue weighted by Crippen LogP contribution is -2.03. The van der Waals surface area contributed by atoms with Gasteiger partial charge in [0, 0.05) is 12.1 Å². The van der Waals surface area contributed by atoms with Gasteiger partial charge in [-0.05, 0) is 39.3 Å². The van der Waals surface area contributed by atoms with Crippen LogP contribution in [0.1, 0.15) is 38.1 Å². The lowest BCUT2D eigenvalue weighted by Gasteiger charge is -2.03. The molecular formula is C13H19N3O2. The van der Waals surface area contributed by atoms with Crippen molar-refractivity contribution in [3.8, 4) is 0 Å². The number of esters is 1. The highest BCUT2D eigenvalue weighted by Gasteiger charge is 2.03. The lowest BCUT2D eigenvalue weighted by atomic mass is 10.1. The minimum atomic E-state index is -0.177. The Bertz CT molecular complexity index is 435. The number of hydrogen-bond donors (Lipinski definition) is 1. The number of aryl methyl sites for hydroxylation is 1. The Morgan fingerprint density at radius 2 is 2.17 bits per heavy atom. The number of nitrogens with zero attached hydrogens (tertiary/aromatic N) is 2. The van der Waals surface area contributed by atoms with Crippen LogP contribution in [0.5, 0.6) is 0 Å². The molecule has 5 heteroatoms. The van der Waals surface area contributed by atoms with Gasteiger partial charge < -0.3 is 10.5 Å². The molecule has 18 heavy (non-hydrogen) atoms. The zero-order valence-corrected chi connectivity index (χ0v) is 11.1. The van der Waals surface area contributed by atoms with Gasteiger partial charge in [-0.1, -0.05) is 5.57 Å². The molecule has 0 aliphatic heterocycles. The van der Waals surface area contributed by atoms with Crippen LogP contribution in [0, 0.1) is 6.92 Å². The molecule has 0 aromatic carbocycles. The van der Waals surface area contributed by atoms with E-state index in [1.807, 2.05) is 26.0 Å². The van der Waals surface area contributed by atoms with E-state index in [1.54, 1.807) is 6.92 Å². The number of allylic oxidation sites excluding steroid dienone is 1. The van der Waals surface area contributed by atoms with Crippen molar-refractivity contribution < 1.29 is 9.53 Å². The topological polar surface area (TPSA) is 78.1 Å². The van der Waals surface area contributed by atoms with E-state index in [9.17, 15) is 4.79 Å². The van der Waals surface area contributed by atoms with Crippen molar-refractivity contribution in [1.29, 1.82) is 0 Å². The highest BCUT2D eigenvalue weighted by Crippen LogP contribution is 2.11. The third-order valence-corrected chi connectivity index (χ3v) is 2.31. The van der Waals surface area contributed by atoms with E-state index in [4.69, 9.17) is 10.5 Å². The quantitative estimate of drug-likeness (QED) is 0.809. The first-order chi connectivity index (χ1) is 8.51. The van der Waals surface area contributed by atoms with Crippen molar-refractivity contribution in [2.75, 3.05) is 12.3 Å². The van der Waals surface area contributed by atoms with E-state index >= 15 is 0 Å². The Labute approximate surface area is 107 Å². The second-order valence-corrected chi connectivity index (χ2v) is 4.09. The second-order valence-electron chi connectivity index (χ2n) is 4.09. The van der Waals surface area contributed by atoms with Crippen molar-refractivity contribution in [2.24, 2.45) is 0 Å². The summed E-state index contributed by atoms with van der Waals surface area (Å²) in [5.41, 5.74) is 8.22. The van der Waals surface area contributed by atoms with Crippen LogP contribution in [0.2, 0.25) is 0 Å². The van der Waals surface area contributed by atoms with E-state index in [0.717, 1.165) is 17.0 Å². The summed E-state index contributed by atoms with van der Waals surface area (Å²) in [5, 5.41) is 0. The fourth-order valence-electron chi connectivity index (χ4n) is 1.55. The lowest BCUT2D eigenvalue weighted by molar-refractivity contribution is -0.143. The van der Waals surface area contributed by atoms with Gasteiger partial charge in [0.05, 0.1) is 12.3 Å². The molecule has 1 aromatic rings. The van der Waals surface area contributed by atoms with Crippen molar-refractivity contribution in [3.63, 3.8) is 0 Å². The molecule has 0 aliphatic rings. The van der Waals surface area contributed by atoms with Crippen molar-refractivity contribution in [2.45, 2.75) is 33.6 Å². The summed E-state index contributed by atoms with van der Waals surface area (Å²) in [6.07, 6.45) is 2.95. The summed E-state index contributed by atoms with van der Waals surface area (Å²) < 4.78 is 4.87. The van der Waals surface area contributed by atoms with Crippen LogP contribution >= 0.6 is 0 Å². The Hall–Kier alpha value is -1.91. The Morgan fingerprint density at radius 3 is 2.78 bits per heavy atom. The number of aromatic nitrogens is 2. The van der Waals surface area contributed by atoms with Gasteiger partial charge in [0.15, 0.2) is 0 Å². The third-order valence-electron chi connectivity index (χ3n) is 2.31. The maximum absolute atomic E-state index is 11.2. The van der Waals surface area contributed by atoms with Crippen molar-refractivity contribution in [1.82, 2.24) is 9.97 Å². The minimum absolute atomic E-state index is 0.177. The average Bonchev–Trinajstić information content (AvgIpc) is 2.25. The van der Waals surface area contributed by atoms with Crippen LogP contribution in [-0.2, 0) is 9.53 Å². The van der Waals surface area contributed by atoms with Gasteiger partial charge in [0.1, 0.15) is 0 Å². The monoisotopic (exact) mass is 249 g/mol. The van der Waals surface area contributed by atoms with E-state index in [1.165, 1.54) is 0 Å². The van der Waals surface area contributed by atoms with Gasteiger partial charge in [-0.25, -0.2) is 9.97 Å². The number of nitrogens with two attached hydrogens (primary N) is 1. The molecule has 1 aromatic heterocycles. The Kier molecular flexibility index (Phi) is 5.30. The molecule has 0 bridgehead atoms. The molecule has 1 rings (SSSR count). The number of carbonyl (C=O) groups excluding carboxylic acids is 1. The Morgan fingerprint density at radius 1 is 1.44 bits per heavy atom. The molecule has 0 radical (unpaired) electrons. The summed E-state index contributed by atoms with van der Waals surface area (Å²) in [6, 6.07) is 1.85. The molecule has 0 atom stereocenters. The van der Waals surface area contributed by atoms with Crippen LogP contribution in [0.15, 0.2) is 11.6 Å². The summed E-state index contributed by atoms with van der Waals surface area (Å²) in [5.74, 6) is 0.0862. The number of ether oxygens (including phenoxy) is 1. The first kappa shape index (κ1) is 14.2. The van der Waals surface area contributed by atoms with Gasteiger partial charge in [-0.3, -0.25) is 4.79 Å². The van der Waals surface area contributed by atoms with Crippen LogP contribution in [-0.4, -0.2) is 22.5 Å². The minimum Gasteiger partial charge on any atom is -0.466 e. The van der Waals surface area contributed by atoms with E-state index in [2.05, 4.69) is 9.97 Å². The van der Waals surface area contributed by atoms with Crippen LogP contribution in [0.25, 0.3) is 6.08 Å². The van der Waals surface area contributed by atoms with Crippen LogP contribution in [0.4, 0.5) is 5.95 Å². The molecule has 0 saturated heterocycles. The molecule has 98 valence electrons. The maximum atomic E-state index is 11.2. The zero-order valence-electron chi connectivity index (χ0n) is 11.1. The molecular weight excluding hydrogens is 230 g/mol. The first-order valence-electron chi connectivity index (χ1n) is 5.95. The second kappa shape index (κ2) is 6.74. The normalized spacial score (nSPS) is 11.4. The molecule has 0 amide bonds. The van der Waals surface area contributed by atoms with Crippen LogP contribution < -0.4 is 5.73 Å². The van der Waals surface area contributed by atoms with Crippen LogP contribution in [0.3, 0.4) is 0 Å². The van der Waals surface area contributed by atoms with Gasteiger partial charge in [-0.2, -0.15) is 0 Å². The fourth-order valence-corrected chi connectivity index (χ4v) is 1.55. The van der Waals surface area contributed by atoms with Crippen molar-refractivity contribution in [3.05, 3.63) is 23.0 Å². The van der Waals surface area contributed by atoms with E-state index in [-0.39, 0.29) is 11.9 Å². The van der Waals surface area contributed by atoms with E-state index in [0.29, 0.717) is 19.4 Å². The summed E-state index contributed by atoms with van der Waals surface area (Å²) in [4.78, 5) is 19.3. The first-order valence-corrected chi connectivity index (χ1v) is 5.95. The van der Waals surface area contributed by atoms with E-state index < -0.39 is 0 Å². The molecule has 0 saturated carbocycles. The molecule has 0 fully saturated rings. The number of carbonyl (C=O) groups is 1. The Balaban J connectivity index is 2.62. The standard InChI is InChI=1S/C13H19N3O2/c1-4-18-12(17)6-5-9(2)7-11-8-10(3)15-13(14)16-11/h7-8H,4-6H2,1-3H3,(H2,14,15,16)/b9-7+. The summed E-state index contributed by atoms with van der Waals surface area (Å²) >= 11 is 0. The predicted molar refractivity (Wildman–Crippen MR) is 70.7 cm³/mol.